The first-order valence-electron chi connectivity index (χ1n) is 12.6. The Morgan fingerprint density at radius 1 is 0.919 bits per heavy atom. The summed E-state index contributed by atoms with van der Waals surface area (Å²) >= 11 is 0. The summed E-state index contributed by atoms with van der Waals surface area (Å²) in [6, 6.07) is 2.87. The lowest BCUT2D eigenvalue weighted by atomic mass is 9.95. The van der Waals surface area contributed by atoms with Gasteiger partial charge in [-0.1, -0.05) is 58.7 Å². The third-order valence-corrected chi connectivity index (χ3v) is 6.88. The Hall–Kier alpha value is -3.44. The summed E-state index contributed by atoms with van der Waals surface area (Å²) in [5.74, 6) is -3.65. The standard InChI is InChI=1S/C26H39N5O6/c1-5-14(3)21(27)24(34)31-22(15(4)6-2)25(35)30-20(13-32)23(33)29-19(26(36)37)11-16-12-28-18-10-8-7-9-17(16)18/h7-10,12,14-15,19-22,28,32H,5-6,11,13,27H2,1-4H3,(H,29,33)(H,30,35)(H,31,34)(H,36,37). The molecule has 6 atom stereocenters. The molecular formula is C26H39N5O6. The van der Waals surface area contributed by atoms with Gasteiger partial charge in [0.1, 0.15) is 18.1 Å². The summed E-state index contributed by atoms with van der Waals surface area (Å²) in [4.78, 5) is 53.5. The highest BCUT2D eigenvalue weighted by molar-refractivity contribution is 5.94. The number of aromatic nitrogens is 1. The van der Waals surface area contributed by atoms with E-state index >= 15 is 0 Å². The van der Waals surface area contributed by atoms with Crippen LogP contribution in [-0.2, 0) is 25.6 Å². The zero-order chi connectivity index (χ0) is 27.7. The van der Waals surface area contributed by atoms with Crippen LogP contribution in [-0.4, -0.2) is 69.7 Å². The molecule has 0 fully saturated rings. The number of carboxylic acids is 1. The van der Waals surface area contributed by atoms with Gasteiger partial charge < -0.3 is 36.9 Å². The second kappa shape index (κ2) is 13.8. The Bertz CT molecular complexity index is 1090. The molecule has 2 rings (SSSR count). The van der Waals surface area contributed by atoms with Crippen LogP contribution >= 0.6 is 0 Å². The fourth-order valence-electron chi connectivity index (χ4n) is 3.91. The Labute approximate surface area is 216 Å². The van der Waals surface area contributed by atoms with Gasteiger partial charge in [-0.2, -0.15) is 0 Å². The van der Waals surface area contributed by atoms with Crippen LogP contribution in [0.1, 0.15) is 46.1 Å². The molecule has 11 nitrogen and oxygen atoms in total. The fraction of sp³-hybridized carbons (Fsp3) is 0.538. The number of para-hydroxylation sites is 1. The molecule has 6 unspecified atom stereocenters. The van der Waals surface area contributed by atoms with Gasteiger partial charge in [-0.25, -0.2) is 4.79 Å². The summed E-state index contributed by atoms with van der Waals surface area (Å²) in [5.41, 5.74) is 7.54. The number of H-pyrrole nitrogens is 1. The molecule has 0 aliphatic heterocycles. The van der Waals surface area contributed by atoms with Crippen LogP contribution in [0.25, 0.3) is 10.9 Å². The summed E-state index contributed by atoms with van der Waals surface area (Å²) < 4.78 is 0. The zero-order valence-corrected chi connectivity index (χ0v) is 21.8. The van der Waals surface area contributed by atoms with Crippen molar-refractivity contribution >= 4 is 34.6 Å². The van der Waals surface area contributed by atoms with Gasteiger partial charge in [-0.15, -0.1) is 0 Å². The molecule has 1 aromatic heterocycles. The monoisotopic (exact) mass is 517 g/mol. The molecule has 2 aromatic rings. The maximum Gasteiger partial charge on any atom is 0.326 e. The smallest absolute Gasteiger partial charge is 0.326 e. The molecule has 1 heterocycles. The first-order valence-corrected chi connectivity index (χ1v) is 12.6. The van der Waals surface area contributed by atoms with Gasteiger partial charge in [0.05, 0.1) is 12.6 Å². The van der Waals surface area contributed by atoms with E-state index in [4.69, 9.17) is 5.73 Å². The molecular weight excluding hydrogens is 478 g/mol. The van der Waals surface area contributed by atoms with Crippen molar-refractivity contribution in [3.05, 3.63) is 36.0 Å². The first-order chi connectivity index (χ1) is 17.5. The number of aliphatic hydroxyl groups excluding tert-OH is 1. The molecule has 0 radical (unpaired) electrons. The molecule has 204 valence electrons. The van der Waals surface area contributed by atoms with E-state index < -0.39 is 54.5 Å². The number of hydrogen-bond donors (Lipinski definition) is 7. The number of fused-ring (bicyclic) bond motifs is 1. The van der Waals surface area contributed by atoms with Crippen LogP contribution in [0.2, 0.25) is 0 Å². The van der Waals surface area contributed by atoms with Crippen molar-refractivity contribution in [2.75, 3.05) is 6.61 Å². The number of carbonyl (C=O) groups is 4. The van der Waals surface area contributed by atoms with Gasteiger partial charge in [0.15, 0.2) is 0 Å². The number of aliphatic carboxylic acids is 1. The molecule has 0 spiro atoms. The van der Waals surface area contributed by atoms with E-state index in [-0.39, 0.29) is 18.3 Å². The molecule has 37 heavy (non-hydrogen) atoms. The van der Waals surface area contributed by atoms with Crippen LogP contribution < -0.4 is 21.7 Å². The van der Waals surface area contributed by atoms with Crippen molar-refractivity contribution in [1.29, 1.82) is 0 Å². The lowest BCUT2D eigenvalue weighted by molar-refractivity contribution is -0.142. The first kappa shape index (κ1) is 29.8. The summed E-state index contributed by atoms with van der Waals surface area (Å²) in [6.45, 7) is 6.61. The van der Waals surface area contributed by atoms with Crippen molar-refractivity contribution in [3.8, 4) is 0 Å². The maximum absolute atomic E-state index is 13.1. The predicted molar refractivity (Wildman–Crippen MR) is 139 cm³/mol. The average molecular weight is 518 g/mol. The van der Waals surface area contributed by atoms with Crippen LogP contribution in [0.4, 0.5) is 0 Å². The molecule has 0 saturated heterocycles. The van der Waals surface area contributed by atoms with Crippen molar-refractivity contribution in [3.63, 3.8) is 0 Å². The topological polar surface area (TPSA) is 187 Å². The normalized spacial score (nSPS) is 16.2. The molecule has 0 bridgehead atoms. The largest absolute Gasteiger partial charge is 0.480 e. The van der Waals surface area contributed by atoms with E-state index in [1.54, 1.807) is 13.1 Å². The highest BCUT2D eigenvalue weighted by Gasteiger charge is 2.33. The van der Waals surface area contributed by atoms with E-state index in [0.717, 1.165) is 10.9 Å². The highest BCUT2D eigenvalue weighted by Crippen LogP contribution is 2.19. The quantitative estimate of drug-likeness (QED) is 0.192. The minimum absolute atomic E-state index is 0.00374. The minimum atomic E-state index is -1.41. The van der Waals surface area contributed by atoms with Crippen LogP contribution in [0.3, 0.4) is 0 Å². The number of nitrogens with two attached hydrogens (primary N) is 1. The van der Waals surface area contributed by atoms with Gasteiger partial charge in [-0.3, -0.25) is 14.4 Å². The lowest BCUT2D eigenvalue weighted by Crippen LogP contribution is -2.60. The number of carboxylic acid groups (broad SMARTS) is 1. The Morgan fingerprint density at radius 2 is 1.54 bits per heavy atom. The molecule has 1 aromatic carbocycles. The third-order valence-electron chi connectivity index (χ3n) is 6.88. The van der Waals surface area contributed by atoms with Crippen LogP contribution in [0.5, 0.6) is 0 Å². The summed E-state index contributed by atoms with van der Waals surface area (Å²) in [6.07, 6.45) is 2.92. The van der Waals surface area contributed by atoms with E-state index in [1.807, 2.05) is 45.0 Å². The van der Waals surface area contributed by atoms with Gasteiger partial charge in [0.25, 0.3) is 0 Å². The lowest BCUT2D eigenvalue weighted by Gasteiger charge is -2.28. The van der Waals surface area contributed by atoms with E-state index in [1.165, 1.54) is 0 Å². The van der Waals surface area contributed by atoms with Crippen molar-refractivity contribution in [1.82, 2.24) is 20.9 Å². The van der Waals surface area contributed by atoms with Crippen molar-refractivity contribution in [2.45, 2.75) is 71.1 Å². The van der Waals surface area contributed by atoms with Gasteiger partial charge in [0.2, 0.25) is 17.7 Å². The number of amides is 3. The molecule has 0 aliphatic carbocycles. The highest BCUT2D eigenvalue weighted by atomic mass is 16.4. The second-order valence-corrected chi connectivity index (χ2v) is 9.49. The molecule has 11 heteroatoms. The van der Waals surface area contributed by atoms with Crippen molar-refractivity contribution in [2.24, 2.45) is 17.6 Å². The van der Waals surface area contributed by atoms with Crippen molar-refractivity contribution < 1.29 is 29.4 Å². The van der Waals surface area contributed by atoms with Crippen LogP contribution in [0, 0.1) is 11.8 Å². The maximum atomic E-state index is 13.1. The van der Waals surface area contributed by atoms with E-state index in [9.17, 15) is 29.4 Å². The molecule has 0 aliphatic rings. The number of nitrogens with one attached hydrogen (secondary N) is 4. The number of hydrogen-bond acceptors (Lipinski definition) is 6. The number of benzene rings is 1. The SMILES string of the molecule is CCC(C)C(N)C(=O)NC(C(=O)NC(CO)C(=O)NC(Cc1c[nH]c2ccccc12)C(=O)O)C(C)CC. The molecule has 0 saturated carbocycles. The van der Waals surface area contributed by atoms with Gasteiger partial charge in [0, 0.05) is 23.5 Å². The summed E-state index contributed by atoms with van der Waals surface area (Å²) in [5, 5.41) is 27.9. The number of rotatable bonds is 14. The summed E-state index contributed by atoms with van der Waals surface area (Å²) in [7, 11) is 0. The van der Waals surface area contributed by atoms with Crippen LogP contribution in [0.15, 0.2) is 30.5 Å². The van der Waals surface area contributed by atoms with Gasteiger partial charge >= 0.3 is 5.97 Å². The fourth-order valence-corrected chi connectivity index (χ4v) is 3.91. The second-order valence-electron chi connectivity index (χ2n) is 9.49. The zero-order valence-electron chi connectivity index (χ0n) is 21.8. The van der Waals surface area contributed by atoms with E-state index in [0.29, 0.717) is 18.4 Å². The van der Waals surface area contributed by atoms with E-state index in [2.05, 4.69) is 20.9 Å². The number of aromatic amines is 1. The Balaban J connectivity index is 2.11. The molecule has 8 N–H and O–H groups in total. The Morgan fingerprint density at radius 3 is 2.14 bits per heavy atom. The van der Waals surface area contributed by atoms with Gasteiger partial charge in [-0.05, 0) is 23.5 Å². The third kappa shape index (κ3) is 7.77. The number of carbonyl (C=O) groups excluding carboxylic acids is 3. The molecule has 3 amide bonds. The number of aliphatic hydroxyl groups is 1. The Kier molecular flexibility index (Phi) is 11.1. The predicted octanol–water partition coefficient (Wildman–Crippen LogP) is 0.661. The minimum Gasteiger partial charge on any atom is -0.480 e. The average Bonchev–Trinajstić information content (AvgIpc) is 3.30.